The first kappa shape index (κ1) is 11.5. The zero-order valence-electron chi connectivity index (χ0n) is 11.1. The smallest absolute Gasteiger partial charge is 0.135 e. The molecule has 2 heterocycles. The Morgan fingerprint density at radius 2 is 2.00 bits per heavy atom. The second-order valence-electron chi connectivity index (χ2n) is 5.24. The Morgan fingerprint density at radius 1 is 1.17 bits per heavy atom. The summed E-state index contributed by atoms with van der Waals surface area (Å²) in [5, 5.41) is 9.50. The molecule has 0 fully saturated rings. The van der Waals surface area contributed by atoms with Crippen molar-refractivity contribution < 1.29 is 0 Å². The summed E-state index contributed by atoms with van der Waals surface area (Å²) in [6.45, 7) is 5.15. The van der Waals surface area contributed by atoms with Gasteiger partial charge in [-0.15, -0.1) is 0 Å². The molecule has 2 aromatic rings. The van der Waals surface area contributed by atoms with E-state index in [0.717, 1.165) is 29.7 Å². The molecule has 0 atom stereocenters. The maximum absolute atomic E-state index is 8.48. The molecule has 1 aliphatic heterocycles. The third-order valence-electron chi connectivity index (χ3n) is 4.06. The minimum Gasteiger partial charge on any atom is -0.314 e. The summed E-state index contributed by atoms with van der Waals surface area (Å²) in [6.07, 6.45) is 4.62. The Kier molecular flexibility index (Phi) is 2.69. The van der Waals surface area contributed by atoms with Crippen molar-refractivity contribution >= 4 is 10.9 Å². The predicted molar refractivity (Wildman–Crippen MR) is 72.6 cm³/mol. The van der Waals surface area contributed by atoms with E-state index in [1.165, 1.54) is 30.4 Å². The maximum Gasteiger partial charge on any atom is 0.135 e. The largest absolute Gasteiger partial charge is 0.314 e. The van der Waals surface area contributed by atoms with Gasteiger partial charge in [-0.3, -0.25) is 5.41 Å². The SMILES string of the molecule is Cc1ccc2nc3n(c(=N)c2c1C)CCCCC3. The van der Waals surface area contributed by atoms with E-state index in [0.29, 0.717) is 5.49 Å². The summed E-state index contributed by atoms with van der Waals surface area (Å²) in [4.78, 5) is 4.78. The average Bonchev–Trinajstić information content (AvgIpc) is 2.59. The normalized spacial score (nSPS) is 15.4. The van der Waals surface area contributed by atoms with Crippen LogP contribution in [-0.4, -0.2) is 9.55 Å². The first-order valence-corrected chi connectivity index (χ1v) is 6.72. The highest BCUT2D eigenvalue weighted by atomic mass is 15.1. The molecule has 0 saturated heterocycles. The van der Waals surface area contributed by atoms with Gasteiger partial charge in [-0.25, -0.2) is 4.98 Å². The number of rotatable bonds is 0. The van der Waals surface area contributed by atoms with E-state index < -0.39 is 0 Å². The molecular formula is C15H19N3. The van der Waals surface area contributed by atoms with Crippen LogP contribution in [0.15, 0.2) is 12.1 Å². The fourth-order valence-electron chi connectivity index (χ4n) is 2.82. The minimum atomic E-state index is 0.651. The quantitative estimate of drug-likeness (QED) is 0.757. The van der Waals surface area contributed by atoms with Crippen molar-refractivity contribution in [3.63, 3.8) is 0 Å². The van der Waals surface area contributed by atoms with Gasteiger partial charge in [0.2, 0.25) is 0 Å². The molecule has 0 saturated carbocycles. The lowest BCUT2D eigenvalue weighted by molar-refractivity contribution is 0.602. The third kappa shape index (κ3) is 1.65. The summed E-state index contributed by atoms with van der Waals surface area (Å²) in [5.41, 5.74) is 4.07. The second kappa shape index (κ2) is 4.23. The van der Waals surface area contributed by atoms with Gasteiger partial charge in [-0.1, -0.05) is 12.5 Å². The Bertz CT molecular complexity index is 667. The van der Waals surface area contributed by atoms with Crippen LogP contribution in [0.3, 0.4) is 0 Å². The Balaban J connectivity index is 2.39. The molecular weight excluding hydrogens is 222 g/mol. The number of nitrogens with zero attached hydrogens (tertiary/aromatic N) is 2. The van der Waals surface area contributed by atoms with Crippen LogP contribution in [0.1, 0.15) is 36.2 Å². The van der Waals surface area contributed by atoms with Crippen molar-refractivity contribution in [3.8, 4) is 0 Å². The van der Waals surface area contributed by atoms with Gasteiger partial charge in [0.05, 0.1) is 5.52 Å². The van der Waals surface area contributed by atoms with Crippen LogP contribution in [0.4, 0.5) is 0 Å². The van der Waals surface area contributed by atoms with Gasteiger partial charge in [0.25, 0.3) is 0 Å². The van der Waals surface area contributed by atoms with Gasteiger partial charge in [0, 0.05) is 18.4 Å². The van der Waals surface area contributed by atoms with Crippen molar-refractivity contribution in [2.75, 3.05) is 0 Å². The van der Waals surface area contributed by atoms with Gasteiger partial charge in [-0.05, 0) is 43.9 Å². The van der Waals surface area contributed by atoms with E-state index >= 15 is 0 Å². The molecule has 0 amide bonds. The second-order valence-corrected chi connectivity index (χ2v) is 5.24. The molecule has 1 N–H and O–H groups in total. The number of aryl methyl sites for hydroxylation is 3. The van der Waals surface area contributed by atoms with Crippen LogP contribution in [0.5, 0.6) is 0 Å². The molecule has 0 radical (unpaired) electrons. The number of benzene rings is 1. The van der Waals surface area contributed by atoms with Gasteiger partial charge in [-0.2, -0.15) is 0 Å². The van der Waals surface area contributed by atoms with Crippen molar-refractivity contribution in [1.82, 2.24) is 9.55 Å². The lowest BCUT2D eigenvalue weighted by atomic mass is 10.0. The minimum absolute atomic E-state index is 0.651. The van der Waals surface area contributed by atoms with Gasteiger partial charge in [0.15, 0.2) is 0 Å². The number of hydrogen-bond donors (Lipinski definition) is 1. The molecule has 0 bridgehead atoms. The standard InChI is InChI=1S/C15H19N3/c1-10-7-8-12-14(11(10)2)15(16)18-9-5-3-4-6-13(18)17-12/h7-8,16H,3-6,9H2,1-2H3. The van der Waals surface area contributed by atoms with Crippen LogP contribution in [0, 0.1) is 19.3 Å². The molecule has 0 spiro atoms. The summed E-state index contributed by atoms with van der Waals surface area (Å²) in [6, 6.07) is 4.17. The molecule has 18 heavy (non-hydrogen) atoms. The highest BCUT2D eigenvalue weighted by Crippen LogP contribution is 2.19. The highest BCUT2D eigenvalue weighted by molar-refractivity contribution is 5.82. The third-order valence-corrected chi connectivity index (χ3v) is 4.06. The van der Waals surface area contributed by atoms with E-state index in [9.17, 15) is 0 Å². The predicted octanol–water partition coefficient (Wildman–Crippen LogP) is 2.86. The fourth-order valence-corrected chi connectivity index (χ4v) is 2.82. The molecule has 3 nitrogen and oxygen atoms in total. The van der Waals surface area contributed by atoms with E-state index in [1.807, 2.05) is 0 Å². The molecule has 0 aliphatic carbocycles. The van der Waals surface area contributed by atoms with Crippen LogP contribution in [-0.2, 0) is 13.0 Å². The van der Waals surface area contributed by atoms with Crippen LogP contribution in [0.25, 0.3) is 10.9 Å². The maximum atomic E-state index is 8.48. The van der Waals surface area contributed by atoms with E-state index in [-0.39, 0.29) is 0 Å². The number of nitrogens with one attached hydrogen (secondary N) is 1. The zero-order valence-corrected chi connectivity index (χ0v) is 11.1. The average molecular weight is 241 g/mol. The Labute approximate surface area is 107 Å². The van der Waals surface area contributed by atoms with E-state index in [1.54, 1.807) is 0 Å². The molecule has 94 valence electrons. The van der Waals surface area contributed by atoms with E-state index in [4.69, 9.17) is 10.4 Å². The fraction of sp³-hybridized carbons (Fsp3) is 0.467. The topological polar surface area (TPSA) is 41.7 Å². The van der Waals surface area contributed by atoms with Gasteiger partial charge < -0.3 is 4.57 Å². The molecule has 0 unspecified atom stereocenters. The first-order valence-electron chi connectivity index (χ1n) is 6.72. The summed E-state index contributed by atoms with van der Waals surface area (Å²) < 4.78 is 2.11. The highest BCUT2D eigenvalue weighted by Gasteiger charge is 2.13. The van der Waals surface area contributed by atoms with Crippen molar-refractivity contribution in [3.05, 3.63) is 34.6 Å². The van der Waals surface area contributed by atoms with E-state index in [2.05, 4.69) is 30.5 Å². The lowest BCUT2D eigenvalue weighted by Crippen LogP contribution is -2.25. The first-order chi connectivity index (χ1) is 8.68. The van der Waals surface area contributed by atoms with Crippen LogP contribution in [0.2, 0.25) is 0 Å². The Hall–Kier alpha value is -1.64. The van der Waals surface area contributed by atoms with Gasteiger partial charge in [0.1, 0.15) is 11.3 Å². The Morgan fingerprint density at radius 3 is 2.83 bits per heavy atom. The van der Waals surface area contributed by atoms with Crippen molar-refractivity contribution in [1.29, 1.82) is 5.41 Å². The number of aromatic nitrogens is 2. The van der Waals surface area contributed by atoms with Crippen LogP contribution >= 0.6 is 0 Å². The molecule has 3 rings (SSSR count). The molecule has 1 aliphatic rings. The molecule has 1 aromatic heterocycles. The van der Waals surface area contributed by atoms with Crippen LogP contribution < -0.4 is 5.49 Å². The number of fused-ring (bicyclic) bond motifs is 2. The monoisotopic (exact) mass is 241 g/mol. The summed E-state index contributed by atoms with van der Waals surface area (Å²) in [5.74, 6) is 1.09. The lowest BCUT2D eigenvalue weighted by Gasteiger charge is -2.14. The van der Waals surface area contributed by atoms with Crippen molar-refractivity contribution in [2.45, 2.75) is 46.1 Å². The summed E-state index contributed by atoms with van der Waals surface area (Å²) in [7, 11) is 0. The molecule has 3 heteroatoms. The molecule has 1 aromatic carbocycles. The summed E-state index contributed by atoms with van der Waals surface area (Å²) >= 11 is 0. The van der Waals surface area contributed by atoms with Gasteiger partial charge >= 0.3 is 0 Å². The zero-order chi connectivity index (χ0) is 12.7. The number of hydrogen-bond acceptors (Lipinski definition) is 2. The van der Waals surface area contributed by atoms with Crippen molar-refractivity contribution in [2.24, 2.45) is 0 Å².